The van der Waals surface area contributed by atoms with E-state index in [1.807, 2.05) is 6.20 Å². The average Bonchev–Trinajstić information content (AvgIpc) is 2.55. The van der Waals surface area contributed by atoms with Gasteiger partial charge in [-0.1, -0.05) is 0 Å². The first-order valence-electron chi connectivity index (χ1n) is 8.87. The van der Waals surface area contributed by atoms with E-state index in [1.165, 1.54) is 0 Å². The minimum absolute atomic E-state index is 0.172. The lowest BCUT2D eigenvalue weighted by Crippen LogP contribution is -2.45. The van der Waals surface area contributed by atoms with Gasteiger partial charge < -0.3 is 20.1 Å². The van der Waals surface area contributed by atoms with Gasteiger partial charge in [-0.2, -0.15) is 0 Å². The molecule has 0 bridgehead atoms. The van der Waals surface area contributed by atoms with Crippen LogP contribution in [0.15, 0.2) is 18.3 Å². The van der Waals surface area contributed by atoms with Crippen LogP contribution in [-0.4, -0.2) is 47.4 Å². The number of anilines is 2. The predicted molar refractivity (Wildman–Crippen MR) is 93.5 cm³/mol. The number of hydrogen-bond donors (Lipinski definition) is 2. The van der Waals surface area contributed by atoms with Crippen molar-refractivity contribution in [2.75, 3.05) is 23.3 Å². The molecule has 6 heteroatoms. The van der Waals surface area contributed by atoms with Crippen LogP contribution < -0.4 is 10.2 Å². The van der Waals surface area contributed by atoms with Gasteiger partial charge in [0.2, 0.25) is 0 Å². The molecule has 132 valence electrons. The second kappa shape index (κ2) is 7.38. The number of carboxylic acids is 1. The molecule has 1 aromatic rings. The predicted octanol–water partition coefficient (Wildman–Crippen LogP) is 2.75. The van der Waals surface area contributed by atoms with Crippen molar-refractivity contribution in [1.82, 2.24) is 4.98 Å². The van der Waals surface area contributed by atoms with Crippen molar-refractivity contribution in [2.45, 2.75) is 57.8 Å². The first-order valence-corrected chi connectivity index (χ1v) is 8.87. The Hall–Kier alpha value is -1.82. The number of aliphatic carboxylic acids is 1. The summed E-state index contributed by atoms with van der Waals surface area (Å²) in [7, 11) is 0. The van der Waals surface area contributed by atoms with Crippen molar-refractivity contribution in [3.8, 4) is 0 Å². The molecule has 0 spiro atoms. The summed E-state index contributed by atoms with van der Waals surface area (Å²) in [5.41, 5.74) is 1.01. The van der Waals surface area contributed by atoms with Crippen LogP contribution in [0, 0.1) is 5.92 Å². The van der Waals surface area contributed by atoms with E-state index in [0.29, 0.717) is 6.04 Å². The number of nitrogens with zero attached hydrogens (tertiary/aromatic N) is 2. The summed E-state index contributed by atoms with van der Waals surface area (Å²) in [6.07, 6.45) is 5.62. The molecule has 2 atom stereocenters. The molecule has 2 N–H and O–H groups in total. The molecule has 1 aliphatic carbocycles. The van der Waals surface area contributed by atoms with Gasteiger partial charge in [0, 0.05) is 19.1 Å². The molecule has 2 heterocycles. The zero-order valence-electron chi connectivity index (χ0n) is 14.4. The quantitative estimate of drug-likeness (QED) is 0.882. The largest absolute Gasteiger partial charge is 0.481 e. The molecular weight excluding hydrogens is 306 g/mol. The number of hydrogen-bond acceptors (Lipinski definition) is 5. The van der Waals surface area contributed by atoms with Gasteiger partial charge in [-0.05, 0) is 51.7 Å². The van der Waals surface area contributed by atoms with Crippen molar-refractivity contribution in [2.24, 2.45) is 5.92 Å². The van der Waals surface area contributed by atoms with Gasteiger partial charge in [0.1, 0.15) is 5.82 Å². The maximum Gasteiger partial charge on any atom is 0.306 e. The van der Waals surface area contributed by atoms with Crippen molar-refractivity contribution in [1.29, 1.82) is 0 Å². The molecule has 0 radical (unpaired) electrons. The highest BCUT2D eigenvalue weighted by Crippen LogP contribution is 2.27. The topological polar surface area (TPSA) is 74.7 Å². The molecular formula is C18H27N3O3. The first kappa shape index (κ1) is 17.0. The number of carbonyl (C=O) groups is 1. The first-order chi connectivity index (χ1) is 11.5. The average molecular weight is 333 g/mol. The zero-order valence-corrected chi connectivity index (χ0v) is 14.4. The van der Waals surface area contributed by atoms with Crippen LogP contribution in [0.1, 0.15) is 39.5 Å². The third-order valence-corrected chi connectivity index (χ3v) is 4.94. The second-order valence-corrected chi connectivity index (χ2v) is 7.10. The standard InChI is InChI=1S/C18H27N3O3/c1-12-10-21(11-13(2)24-12)17-8-7-16(9-19-17)20-15-5-3-14(4-6-15)18(22)23/h7-9,12-15,20H,3-6,10-11H2,1-2H3,(H,22,23). The van der Waals surface area contributed by atoms with E-state index < -0.39 is 5.97 Å². The van der Waals surface area contributed by atoms with Crippen LogP contribution >= 0.6 is 0 Å². The third-order valence-electron chi connectivity index (χ3n) is 4.94. The number of morpholine rings is 1. The van der Waals surface area contributed by atoms with Crippen LogP contribution in [0.4, 0.5) is 11.5 Å². The summed E-state index contributed by atoms with van der Waals surface area (Å²) in [6, 6.07) is 4.46. The van der Waals surface area contributed by atoms with E-state index in [4.69, 9.17) is 9.84 Å². The molecule has 2 aliphatic rings. The van der Waals surface area contributed by atoms with E-state index >= 15 is 0 Å². The molecule has 0 aromatic carbocycles. The van der Waals surface area contributed by atoms with Crippen LogP contribution in [0.25, 0.3) is 0 Å². The number of pyridine rings is 1. The molecule has 1 aliphatic heterocycles. The Morgan fingerprint density at radius 1 is 1.21 bits per heavy atom. The Balaban J connectivity index is 1.54. The van der Waals surface area contributed by atoms with Crippen LogP contribution in [-0.2, 0) is 9.53 Å². The lowest BCUT2D eigenvalue weighted by atomic mass is 9.86. The van der Waals surface area contributed by atoms with Crippen LogP contribution in [0.2, 0.25) is 0 Å². The third kappa shape index (κ3) is 4.17. The number of rotatable bonds is 4. The monoisotopic (exact) mass is 333 g/mol. The number of aromatic nitrogens is 1. The molecule has 2 fully saturated rings. The zero-order chi connectivity index (χ0) is 17.1. The summed E-state index contributed by atoms with van der Waals surface area (Å²) in [5, 5.41) is 12.6. The Morgan fingerprint density at radius 3 is 2.42 bits per heavy atom. The van der Waals surface area contributed by atoms with Crippen molar-refractivity contribution >= 4 is 17.5 Å². The smallest absolute Gasteiger partial charge is 0.306 e. The van der Waals surface area contributed by atoms with E-state index in [1.54, 1.807) is 0 Å². The number of nitrogens with one attached hydrogen (secondary N) is 1. The van der Waals surface area contributed by atoms with Crippen LogP contribution in [0.5, 0.6) is 0 Å². The molecule has 1 saturated heterocycles. The summed E-state index contributed by atoms with van der Waals surface area (Å²) < 4.78 is 5.76. The summed E-state index contributed by atoms with van der Waals surface area (Å²) in [5.74, 6) is 0.152. The molecule has 24 heavy (non-hydrogen) atoms. The van der Waals surface area contributed by atoms with Crippen LogP contribution in [0.3, 0.4) is 0 Å². The molecule has 1 saturated carbocycles. The molecule has 6 nitrogen and oxygen atoms in total. The Kier molecular flexibility index (Phi) is 5.23. The number of carboxylic acid groups (broad SMARTS) is 1. The summed E-state index contributed by atoms with van der Waals surface area (Å²) in [6.45, 7) is 5.91. The fourth-order valence-electron chi connectivity index (χ4n) is 3.74. The lowest BCUT2D eigenvalue weighted by Gasteiger charge is -2.36. The van der Waals surface area contributed by atoms with Gasteiger partial charge in [0.05, 0.1) is 30.0 Å². The van der Waals surface area contributed by atoms with E-state index in [2.05, 4.69) is 41.2 Å². The minimum Gasteiger partial charge on any atom is -0.481 e. The normalized spacial score (nSPS) is 30.8. The SMILES string of the molecule is CC1CN(c2ccc(NC3CCC(C(=O)O)CC3)cn2)CC(C)O1. The molecule has 1 aromatic heterocycles. The van der Waals surface area contributed by atoms with E-state index in [0.717, 1.165) is 50.3 Å². The van der Waals surface area contributed by atoms with Gasteiger partial charge in [-0.25, -0.2) is 4.98 Å². The highest BCUT2D eigenvalue weighted by Gasteiger charge is 2.26. The second-order valence-electron chi connectivity index (χ2n) is 7.10. The van der Waals surface area contributed by atoms with Gasteiger partial charge in [-0.3, -0.25) is 4.79 Å². The van der Waals surface area contributed by atoms with Crippen molar-refractivity contribution in [3.63, 3.8) is 0 Å². The van der Waals surface area contributed by atoms with Crippen molar-refractivity contribution in [3.05, 3.63) is 18.3 Å². The highest BCUT2D eigenvalue weighted by molar-refractivity contribution is 5.70. The fraction of sp³-hybridized carbons (Fsp3) is 0.667. The van der Waals surface area contributed by atoms with E-state index in [9.17, 15) is 4.79 Å². The van der Waals surface area contributed by atoms with Crippen molar-refractivity contribution < 1.29 is 14.6 Å². The minimum atomic E-state index is -0.659. The lowest BCUT2D eigenvalue weighted by molar-refractivity contribution is -0.142. The Labute approximate surface area is 143 Å². The highest BCUT2D eigenvalue weighted by atomic mass is 16.5. The molecule has 3 rings (SSSR count). The maximum atomic E-state index is 11.0. The van der Waals surface area contributed by atoms with Gasteiger partial charge in [0.15, 0.2) is 0 Å². The Bertz CT molecular complexity index is 545. The van der Waals surface area contributed by atoms with Gasteiger partial charge >= 0.3 is 5.97 Å². The Morgan fingerprint density at radius 2 is 1.88 bits per heavy atom. The number of ether oxygens (including phenoxy) is 1. The summed E-state index contributed by atoms with van der Waals surface area (Å²) >= 11 is 0. The summed E-state index contributed by atoms with van der Waals surface area (Å²) in [4.78, 5) is 17.9. The maximum absolute atomic E-state index is 11.0. The van der Waals surface area contributed by atoms with E-state index in [-0.39, 0.29) is 18.1 Å². The van der Waals surface area contributed by atoms with Gasteiger partial charge in [0.25, 0.3) is 0 Å². The van der Waals surface area contributed by atoms with Gasteiger partial charge in [-0.15, -0.1) is 0 Å². The fourth-order valence-corrected chi connectivity index (χ4v) is 3.74. The molecule has 2 unspecified atom stereocenters. The molecule has 0 amide bonds.